The summed E-state index contributed by atoms with van der Waals surface area (Å²) >= 11 is 0. The third-order valence-corrected chi connectivity index (χ3v) is 5.27. The first-order valence-electron chi connectivity index (χ1n) is 10.1. The van der Waals surface area contributed by atoms with Gasteiger partial charge in [-0.05, 0) is 67.6 Å². The number of hydrogen-bond acceptors (Lipinski definition) is 7. The van der Waals surface area contributed by atoms with E-state index in [2.05, 4.69) is 27.7 Å². The second-order valence-corrected chi connectivity index (χ2v) is 7.24. The quantitative estimate of drug-likeness (QED) is 0.622. The van der Waals surface area contributed by atoms with E-state index in [-0.39, 0.29) is 0 Å². The number of nitrogens with one attached hydrogen (secondary N) is 2. The molecule has 152 valence electrons. The lowest BCUT2D eigenvalue weighted by molar-refractivity contribution is -0.109. The summed E-state index contributed by atoms with van der Waals surface area (Å²) in [6.07, 6.45) is 6.39. The largest absolute Gasteiger partial charge is 0.378 e. The van der Waals surface area contributed by atoms with Crippen LogP contribution in [0.25, 0.3) is 6.08 Å². The zero-order valence-corrected chi connectivity index (χ0v) is 16.4. The van der Waals surface area contributed by atoms with Crippen LogP contribution in [0.3, 0.4) is 0 Å². The molecule has 29 heavy (non-hydrogen) atoms. The van der Waals surface area contributed by atoms with Crippen LogP contribution >= 0.6 is 0 Å². The highest BCUT2D eigenvalue weighted by Crippen LogP contribution is 2.32. The molecule has 0 amide bonds. The highest BCUT2D eigenvalue weighted by Gasteiger charge is 2.22. The summed E-state index contributed by atoms with van der Waals surface area (Å²) in [7, 11) is 0. The number of nitrogens with two attached hydrogens (primary N) is 1. The van der Waals surface area contributed by atoms with Gasteiger partial charge in [-0.15, -0.1) is 0 Å². The zero-order valence-electron chi connectivity index (χ0n) is 16.4. The van der Waals surface area contributed by atoms with Crippen LogP contribution in [0, 0.1) is 0 Å². The minimum absolute atomic E-state index is 0.416. The predicted octanol–water partition coefficient (Wildman–Crippen LogP) is 2.37. The van der Waals surface area contributed by atoms with E-state index in [0.29, 0.717) is 12.4 Å². The number of carbonyl (C=O) groups is 1. The molecule has 1 unspecified atom stereocenters. The van der Waals surface area contributed by atoms with Gasteiger partial charge in [-0.3, -0.25) is 0 Å². The molecule has 2 aliphatic heterocycles. The number of aromatic nitrogens is 1. The maximum Gasteiger partial charge on any atom is 0.146 e. The molecule has 4 N–H and O–H groups in total. The number of hydrogen-bond donors (Lipinski definition) is 3. The van der Waals surface area contributed by atoms with Crippen molar-refractivity contribution in [3.05, 3.63) is 53.4 Å². The Labute approximate surface area is 170 Å². The Kier molecular flexibility index (Phi) is 6.07. The third-order valence-electron chi connectivity index (χ3n) is 5.27. The van der Waals surface area contributed by atoms with Crippen molar-refractivity contribution in [2.45, 2.75) is 18.9 Å². The third kappa shape index (κ3) is 4.41. The van der Waals surface area contributed by atoms with Crippen LogP contribution in [0.15, 0.2) is 36.5 Å². The first kappa shape index (κ1) is 19.4. The molecule has 7 heteroatoms. The van der Waals surface area contributed by atoms with E-state index in [1.54, 1.807) is 0 Å². The molecule has 2 aromatic rings. The number of anilines is 3. The number of pyridine rings is 1. The van der Waals surface area contributed by atoms with Gasteiger partial charge in [-0.25, -0.2) is 4.98 Å². The lowest BCUT2D eigenvalue weighted by atomic mass is 9.97. The Balaban J connectivity index is 1.61. The Morgan fingerprint density at radius 3 is 2.79 bits per heavy atom. The number of ether oxygens (including phenoxy) is 1. The van der Waals surface area contributed by atoms with E-state index >= 15 is 0 Å². The fraction of sp³-hybridized carbons (Fsp3) is 0.364. The number of nitrogens with zero attached hydrogens (tertiary/aromatic N) is 2. The van der Waals surface area contributed by atoms with E-state index in [1.807, 2.05) is 30.5 Å². The normalized spacial score (nSPS) is 18.1. The van der Waals surface area contributed by atoms with Crippen molar-refractivity contribution >= 4 is 29.6 Å². The maximum atomic E-state index is 11.6. The first-order chi connectivity index (χ1) is 14.3. The first-order valence-corrected chi connectivity index (χ1v) is 10.1. The molecule has 1 saturated heterocycles. The van der Waals surface area contributed by atoms with Crippen LogP contribution in [0.2, 0.25) is 0 Å². The maximum absolute atomic E-state index is 11.6. The number of benzene rings is 1. The van der Waals surface area contributed by atoms with Crippen molar-refractivity contribution in [3.63, 3.8) is 0 Å². The predicted molar refractivity (Wildman–Crippen MR) is 115 cm³/mol. The van der Waals surface area contributed by atoms with Crippen molar-refractivity contribution in [2.75, 3.05) is 43.1 Å². The number of aryl methyl sites for hydroxylation is 1. The van der Waals surface area contributed by atoms with E-state index in [1.165, 1.54) is 5.69 Å². The van der Waals surface area contributed by atoms with Gasteiger partial charge in [0.25, 0.3) is 0 Å². The van der Waals surface area contributed by atoms with E-state index in [9.17, 15) is 4.79 Å². The highest BCUT2D eigenvalue weighted by molar-refractivity contribution is 5.77. The molecule has 2 aliphatic rings. The summed E-state index contributed by atoms with van der Waals surface area (Å²) in [5.41, 5.74) is 10.6. The molecular weight excluding hydrogens is 366 g/mol. The van der Waals surface area contributed by atoms with Crippen LogP contribution in [0.4, 0.5) is 17.2 Å². The molecule has 0 spiro atoms. The van der Waals surface area contributed by atoms with Gasteiger partial charge in [0.05, 0.1) is 13.2 Å². The minimum Gasteiger partial charge on any atom is -0.378 e. The number of aldehydes is 1. The monoisotopic (exact) mass is 393 g/mol. The molecule has 0 radical (unpaired) electrons. The van der Waals surface area contributed by atoms with Crippen LogP contribution in [0.1, 0.15) is 29.3 Å². The fourth-order valence-electron chi connectivity index (χ4n) is 3.75. The van der Waals surface area contributed by atoms with Crippen molar-refractivity contribution < 1.29 is 9.53 Å². The second-order valence-electron chi connectivity index (χ2n) is 7.24. The number of fused-ring (bicyclic) bond motifs is 1. The Morgan fingerprint density at radius 2 is 2.07 bits per heavy atom. The lowest BCUT2D eigenvalue weighted by Crippen LogP contribution is -2.36. The van der Waals surface area contributed by atoms with Crippen molar-refractivity contribution in [2.24, 2.45) is 5.73 Å². The molecular formula is C22H27N5O2. The molecule has 0 aliphatic carbocycles. The van der Waals surface area contributed by atoms with Gasteiger partial charge in [0.2, 0.25) is 0 Å². The SMILES string of the molecule is NCCCc1cc2c(c(Nc3ccc(N4CCOCC4)cc3)n1)C(C=O)NC=C2. The van der Waals surface area contributed by atoms with Crippen molar-refractivity contribution in [1.29, 1.82) is 0 Å². The molecule has 1 fully saturated rings. The Morgan fingerprint density at radius 1 is 1.28 bits per heavy atom. The standard InChI is InChI=1S/C22H27N5O2/c23-8-1-2-18-14-16-7-9-24-20(15-28)21(16)22(26-18)25-17-3-5-19(6-4-17)27-10-12-29-13-11-27/h3-7,9,14-15,20,24H,1-2,8,10-13,23H2,(H,25,26). The van der Waals surface area contributed by atoms with Crippen LogP contribution in [0.5, 0.6) is 0 Å². The summed E-state index contributed by atoms with van der Waals surface area (Å²) in [4.78, 5) is 18.7. The van der Waals surface area contributed by atoms with Gasteiger partial charge >= 0.3 is 0 Å². The molecule has 1 aromatic carbocycles. The zero-order chi connectivity index (χ0) is 20.1. The Hall–Kier alpha value is -2.90. The molecule has 0 saturated carbocycles. The lowest BCUT2D eigenvalue weighted by Gasteiger charge is -2.29. The summed E-state index contributed by atoms with van der Waals surface area (Å²) < 4.78 is 5.43. The number of carbonyl (C=O) groups excluding carboxylic acids is 1. The van der Waals surface area contributed by atoms with E-state index in [4.69, 9.17) is 15.5 Å². The van der Waals surface area contributed by atoms with Crippen LogP contribution in [-0.4, -0.2) is 44.1 Å². The Bertz CT molecular complexity index is 876. The molecule has 1 atom stereocenters. The van der Waals surface area contributed by atoms with Gasteiger partial charge in [0.1, 0.15) is 18.1 Å². The minimum atomic E-state index is -0.416. The van der Waals surface area contributed by atoms with Gasteiger partial charge in [0, 0.05) is 35.7 Å². The average Bonchev–Trinajstić information content (AvgIpc) is 2.78. The molecule has 7 nitrogen and oxygen atoms in total. The summed E-state index contributed by atoms with van der Waals surface area (Å²) in [6, 6.07) is 9.94. The van der Waals surface area contributed by atoms with Crippen molar-refractivity contribution in [3.8, 4) is 0 Å². The van der Waals surface area contributed by atoms with Gasteiger partial charge in [-0.1, -0.05) is 0 Å². The van der Waals surface area contributed by atoms with Gasteiger partial charge < -0.3 is 30.8 Å². The van der Waals surface area contributed by atoms with Crippen LogP contribution in [-0.2, 0) is 16.0 Å². The van der Waals surface area contributed by atoms with Crippen molar-refractivity contribution in [1.82, 2.24) is 10.3 Å². The number of morpholine rings is 1. The molecule has 0 bridgehead atoms. The summed E-state index contributed by atoms with van der Waals surface area (Å²) in [6.45, 7) is 3.96. The summed E-state index contributed by atoms with van der Waals surface area (Å²) in [5.74, 6) is 0.711. The van der Waals surface area contributed by atoms with Gasteiger partial charge in [0.15, 0.2) is 0 Å². The summed E-state index contributed by atoms with van der Waals surface area (Å²) in [5, 5.41) is 6.52. The smallest absolute Gasteiger partial charge is 0.146 e. The van der Waals surface area contributed by atoms with Crippen LogP contribution < -0.4 is 21.3 Å². The van der Waals surface area contributed by atoms with E-state index < -0.39 is 6.04 Å². The molecule has 3 heterocycles. The highest BCUT2D eigenvalue weighted by atomic mass is 16.5. The van der Waals surface area contributed by atoms with Gasteiger partial charge in [-0.2, -0.15) is 0 Å². The average molecular weight is 393 g/mol. The topological polar surface area (TPSA) is 92.5 Å². The number of rotatable bonds is 7. The molecule has 1 aromatic heterocycles. The van der Waals surface area contributed by atoms with E-state index in [0.717, 1.165) is 67.9 Å². The molecule has 4 rings (SSSR count). The second kappa shape index (κ2) is 9.07. The fourth-order valence-corrected chi connectivity index (χ4v) is 3.75.